The van der Waals surface area contributed by atoms with Gasteiger partial charge in [-0.2, -0.15) is 0 Å². The maximum absolute atomic E-state index is 13.8. The highest BCUT2D eigenvalue weighted by atomic mass is 79.9. The lowest BCUT2D eigenvalue weighted by Gasteiger charge is -2.15. The Morgan fingerprint density at radius 2 is 2.08 bits per heavy atom. The second-order valence-electron chi connectivity index (χ2n) is 5.67. The predicted molar refractivity (Wildman–Crippen MR) is 100 cm³/mol. The number of hydrogen-bond acceptors (Lipinski definition) is 2. The molecule has 0 spiro atoms. The third-order valence-corrected chi connectivity index (χ3v) is 4.83. The number of aliphatic carboxylic acids is 1. The lowest BCUT2D eigenvalue weighted by molar-refractivity contribution is -0.139. The molecule has 1 heterocycles. The van der Waals surface area contributed by atoms with Gasteiger partial charge in [-0.25, -0.2) is 9.18 Å². The minimum atomic E-state index is -1.23. The molecule has 0 saturated heterocycles. The molecule has 0 radical (unpaired) electrons. The molecule has 0 aliphatic heterocycles. The van der Waals surface area contributed by atoms with Crippen LogP contribution in [0.3, 0.4) is 0 Å². The smallest absolute Gasteiger partial charge is 0.326 e. The van der Waals surface area contributed by atoms with Gasteiger partial charge in [-0.15, -0.1) is 0 Å². The summed E-state index contributed by atoms with van der Waals surface area (Å²) in [6, 6.07) is 7.86. The first-order chi connectivity index (χ1) is 12.4. The fraction of sp³-hybridized carbons (Fsp3) is 0.111. The molecular formula is C18H13BrClFN2O3. The summed E-state index contributed by atoms with van der Waals surface area (Å²) >= 11 is 9.23. The molecule has 0 bridgehead atoms. The Morgan fingerprint density at radius 3 is 2.81 bits per heavy atom. The molecule has 2 aromatic carbocycles. The number of halogens is 3. The van der Waals surface area contributed by atoms with E-state index in [4.69, 9.17) is 11.6 Å². The molecule has 3 rings (SSSR count). The number of aromatic amines is 1. The van der Waals surface area contributed by atoms with Crippen LogP contribution in [-0.2, 0) is 11.2 Å². The van der Waals surface area contributed by atoms with Gasteiger partial charge in [-0.3, -0.25) is 4.79 Å². The highest BCUT2D eigenvalue weighted by Gasteiger charge is 2.24. The molecule has 1 amide bonds. The van der Waals surface area contributed by atoms with Gasteiger partial charge in [-0.05, 0) is 35.9 Å². The van der Waals surface area contributed by atoms with Gasteiger partial charge >= 0.3 is 5.97 Å². The summed E-state index contributed by atoms with van der Waals surface area (Å²) in [4.78, 5) is 27.0. The number of fused-ring (bicyclic) bond motifs is 1. The Hall–Kier alpha value is -2.38. The Labute approximate surface area is 161 Å². The van der Waals surface area contributed by atoms with E-state index in [9.17, 15) is 19.1 Å². The lowest BCUT2D eigenvalue weighted by atomic mass is 10.0. The molecule has 8 heteroatoms. The van der Waals surface area contributed by atoms with Crippen molar-refractivity contribution in [3.05, 3.63) is 69.0 Å². The standard InChI is InChI=1S/C18H13BrClFN2O3/c19-12-2-1-3-14-16(12)9(8-22-14)6-15(18(25)26)23-17(24)11-7-10(20)4-5-13(11)21/h1-5,7-8,15,22H,6H2,(H,23,24)(H,25,26). The number of H-pyrrole nitrogens is 1. The van der Waals surface area contributed by atoms with Crippen LogP contribution in [0.25, 0.3) is 10.9 Å². The summed E-state index contributed by atoms with van der Waals surface area (Å²) in [5.41, 5.74) is 1.25. The molecule has 1 atom stereocenters. The number of rotatable bonds is 5. The number of carbonyl (C=O) groups excluding carboxylic acids is 1. The van der Waals surface area contributed by atoms with Crippen molar-refractivity contribution in [2.24, 2.45) is 0 Å². The van der Waals surface area contributed by atoms with Crippen LogP contribution < -0.4 is 5.32 Å². The third kappa shape index (κ3) is 3.73. The second-order valence-corrected chi connectivity index (χ2v) is 6.96. The molecule has 1 unspecified atom stereocenters. The van der Waals surface area contributed by atoms with Crippen LogP contribution in [0.15, 0.2) is 47.1 Å². The van der Waals surface area contributed by atoms with Gasteiger partial charge in [0, 0.05) is 33.0 Å². The number of nitrogens with one attached hydrogen (secondary N) is 2. The molecule has 0 fully saturated rings. The number of carboxylic acid groups (broad SMARTS) is 1. The topological polar surface area (TPSA) is 82.2 Å². The van der Waals surface area contributed by atoms with Crippen molar-refractivity contribution in [2.75, 3.05) is 0 Å². The van der Waals surface area contributed by atoms with Gasteiger partial charge in [0.15, 0.2) is 0 Å². The average Bonchev–Trinajstić information content (AvgIpc) is 3.00. The first-order valence-corrected chi connectivity index (χ1v) is 8.77. The van der Waals surface area contributed by atoms with Crippen molar-refractivity contribution >= 4 is 50.3 Å². The average molecular weight is 440 g/mol. The molecular weight excluding hydrogens is 427 g/mol. The molecule has 1 aromatic heterocycles. The maximum Gasteiger partial charge on any atom is 0.326 e. The van der Waals surface area contributed by atoms with Crippen LogP contribution in [0.1, 0.15) is 15.9 Å². The fourth-order valence-electron chi connectivity index (χ4n) is 2.70. The Bertz CT molecular complexity index is 1010. The largest absolute Gasteiger partial charge is 0.480 e. The second kappa shape index (κ2) is 7.47. The van der Waals surface area contributed by atoms with Crippen molar-refractivity contribution in [3.63, 3.8) is 0 Å². The number of hydrogen-bond donors (Lipinski definition) is 3. The molecule has 3 aromatic rings. The summed E-state index contributed by atoms with van der Waals surface area (Å²) in [5.74, 6) is -2.83. The van der Waals surface area contributed by atoms with E-state index in [0.717, 1.165) is 27.5 Å². The maximum atomic E-state index is 13.8. The van der Waals surface area contributed by atoms with Crippen molar-refractivity contribution in [2.45, 2.75) is 12.5 Å². The van der Waals surface area contributed by atoms with Crippen molar-refractivity contribution in [1.29, 1.82) is 0 Å². The van der Waals surface area contributed by atoms with Crippen molar-refractivity contribution in [3.8, 4) is 0 Å². The van der Waals surface area contributed by atoms with Crippen LogP contribution in [0, 0.1) is 5.82 Å². The van der Waals surface area contributed by atoms with E-state index in [2.05, 4.69) is 26.2 Å². The van der Waals surface area contributed by atoms with Crippen molar-refractivity contribution in [1.82, 2.24) is 10.3 Å². The minimum absolute atomic E-state index is 0.0336. The van der Waals surface area contributed by atoms with E-state index in [-0.39, 0.29) is 17.0 Å². The molecule has 5 nitrogen and oxygen atoms in total. The van der Waals surface area contributed by atoms with Gasteiger partial charge in [-0.1, -0.05) is 33.6 Å². The first kappa shape index (κ1) is 18.4. The zero-order valence-electron chi connectivity index (χ0n) is 13.2. The van der Waals surface area contributed by atoms with E-state index >= 15 is 0 Å². The molecule has 134 valence electrons. The summed E-state index contributed by atoms with van der Waals surface area (Å²) in [6.45, 7) is 0. The summed E-state index contributed by atoms with van der Waals surface area (Å²) in [7, 11) is 0. The van der Waals surface area contributed by atoms with Gasteiger partial charge in [0.2, 0.25) is 0 Å². The number of carboxylic acids is 1. The summed E-state index contributed by atoms with van der Waals surface area (Å²) in [6.07, 6.45) is 1.73. The summed E-state index contributed by atoms with van der Waals surface area (Å²) in [5, 5.41) is 12.9. The van der Waals surface area contributed by atoms with E-state index in [0.29, 0.717) is 5.56 Å². The molecule has 0 saturated carbocycles. The van der Waals surface area contributed by atoms with Gasteiger partial charge in [0.05, 0.1) is 5.56 Å². The molecule has 0 aliphatic rings. The van der Waals surface area contributed by atoms with Gasteiger partial charge < -0.3 is 15.4 Å². The Morgan fingerprint density at radius 1 is 1.31 bits per heavy atom. The van der Waals surface area contributed by atoms with E-state index in [1.54, 1.807) is 6.20 Å². The van der Waals surface area contributed by atoms with Crippen LogP contribution in [0.2, 0.25) is 5.02 Å². The number of amides is 1. The van der Waals surface area contributed by atoms with E-state index in [1.165, 1.54) is 6.07 Å². The highest BCUT2D eigenvalue weighted by Crippen LogP contribution is 2.28. The third-order valence-electron chi connectivity index (χ3n) is 3.94. The molecule has 0 aliphatic carbocycles. The van der Waals surface area contributed by atoms with Crippen LogP contribution in [0.5, 0.6) is 0 Å². The summed E-state index contributed by atoms with van der Waals surface area (Å²) < 4.78 is 14.6. The fourth-order valence-corrected chi connectivity index (χ4v) is 3.49. The molecule has 26 heavy (non-hydrogen) atoms. The lowest BCUT2D eigenvalue weighted by Crippen LogP contribution is -2.42. The van der Waals surface area contributed by atoms with Crippen molar-refractivity contribution < 1.29 is 19.1 Å². The normalized spacial score (nSPS) is 12.1. The first-order valence-electron chi connectivity index (χ1n) is 7.60. The number of benzene rings is 2. The zero-order valence-corrected chi connectivity index (χ0v) is 15.6. The highest BCUT2D eigenvalue weighted by molar-refractivity contribution is 9.10. The van der Waals surface area contributed by atoms with Gasteiger partial charge in [0.25, 0.3) is 5.91 Å². The predicted octanol–water partition coefficient (Wildman–Crippen LogP) is 4.15. The van der Waals surface area contributed by atoms with Crippen LogP contribution in [0.4, 0.5) is 4.39 Å². The quantitative estimate of drug-likeness (QED) is 0.558. The zero-order chi connectivity index (χ0) is 18.8. The van der Waals surface area contributed by atoms with E-state index < -0.39 is 23.7 Å². The SMILES string of the molecule is O=C(NC(Cc1c[nH]c2cccc(Br)c12)C(=O)O)c1cc(Cl)ccc1F. The minimum Gasteiger partial charge on any atom is -0.480 e. The number of aromatic nitrogens is 1. The van der Waals surface area contributed by atoms with Gasteiger partial charge in [0.1, 0.15) is 11.9 Å². The monoisotopic (exact) mass is 438 g/mol. The van der Waals surface area contributed by atoms with Crippen LogP contribution >= 0.6 is 27.5 Å². The molecule has 3 N–H and O–H groups in total. The number of carbonyl (C=O) groups is 2. The Kier molecular flexibility index (Phi) is 5.29. The Balaban J connectivity index is 1.87. The van der Waals surface area contributed by atoms with E-state index in [1.807, 2.05) is 18.2 Å². The van der Waals surface area contributed by atoms with Crippen LogP contribution in [-0.4, -0.2) is 28.0 Å².